The maximum atomic E-state index is 2.46. The lowest BCUT2D eigenvalue weighted by molar-refractivity contribution is 0.661. The van der Waals surface area contributed by atoms with Gasteiger partial charge in [-0.25, -0.2) is 0 Å². The quantitative estimate of drug-likeness (QED) is 0.178. The van der Waals surface area contributed by atoms with Gasteiger partial charge in [-0.3, -0.25) is 0 Å². The second kappa shape index (κ2) is 9.78. The fourth-order valence-corrected chi connectivity index (χ4v) is 9.45. The van der Waals surface area contributed by atoms with E-state index in [-0.39, 0.29) is 5.41 Å². The Morgan fingerprint density at radius 2 is 1.17 bits per heavy atom. The maximum Gasteiger partial charge on any atom is 0.0508 e. The number of para-hydroxylation sites is 1. The van der Waals surface area contributed by atoms with Gasteiger partial charge in [0.1, 0.15) is 0 Å². The van der Waals surface area contributed by atoms with Crippen LogP contribution in [0.15, 0.2) is 152 Å². The van der Waals surface area contributed by atoms with Gasteiger partial charge in [0.05, 0.1) is 5.69 Å². The van der Waals surface area contributed by atoms with E-state index in [1.807, 2.05) is 11.3 Å². The van der Waals surface area contributed by atoms with Gasteiger partial charge >= 0.3 is 0 Å². The molecule has 1 nitrogen and oxygen atoms in total. The Bertz CT molecular complexity index is 2720. The monoisotopic (exact) mass is 617 g/mol. The maximum absolute atomic E-state index is 2.46. The summed E-state index contributed by atoms with van der Waals surface area (Å²) >= 11 is 1.89. The Morgan fingerprint density at radius 1 is 0.468 bits per heavy atom. The number of hydrogen-bond donors (Lipinski definition) is 0. The lowest BCUT2D eigenvalue weighted by atomic mass is 9.81. The molecule has 1 aromatic heterocycles. The van der Waals surface area contributed by atoms with Crippen LogP contribution in [0.2, 0.25) is 0 Å². The highest BCUT2D eigenvalue weighted by atomic mass is 32.1. The van der Waals surface area contributed by atoms with Gasteiger partial charge in [0.25, 0.3) is 0 Å². The van der Waals surface area contributed by atoms with Crippen molar-refractivity contribution in [2.75, 3.05) is 4.90 Å². The summed E-state index contributed by atoms with van der Waals surface area (Å²) in [6.45, 7) is 4.74. The highest BCUT2D eigenvalue weighted by Gasteiger charge is 2.38. The van der Waals surface area contributed by atoms with Gasteiger partial charge in [0.15, 0.2) is 0 Å². The molecule has 0 spiro atoms. The van der Waals surface area contributed by atoms with E-state index < -0.39 is 0 Å². The molecule has 0 atom stereocenters. The molecule has 0 amide bonds. The molecular formula is C45H31NS. The first-order valence-electron chi connectivity index (χ1n) is 16.4. The number of anilines is 3. The molecule has 47 heavy (non-hydrogen) atoms. The molecule has 1 heterocycles. The van der Waals surface area contributed by atoms with Gasteiger partial charge in [-0.1, -0.05) is 123 Å². The highest BCUT2D eigenvalue weighted by Crippen LogP contribution is 2.54. The number of hydrogen-bond acceptors (Lipinski definition) is 2. The van der Waals surface area contributed by atoms with Crippen molar-refractivity contribution >= 4 is 80.9 Å². The Hall–Kier alpha value is -5.44. The van der Waals surface area contributed by atoms with Crippen LogP contribution in [-0.2, 0) is 5.41 Å². The summed E-state index contributed by atoms with van der Waals surface area (Å²) in [6.07, 6.45) is 0. The van der Waals surface area contributed by atoms with Crippen LogP contribution in [0.5, 0.6) is 0 Å². The molecule has 0 unspecified atom stereocenters. The van der Waals surface area contributed by atoms with Gasteiger partial charge in [0.2, 0.25) is 0 Å². The molecule has 2 heteroatoms. The van der Waals surface area contributed by atoms with Crippen molar-refractivity contribution in [3.63, 3.8) is 0 Å². The minimum absolute atomic E-state index is 0.126. The normalized spacial score (nSPS) is 13.5. The summed E-state index contributed by atoms with van der Waals surface area (Å²) in [5, 5.41) is 10.5. The zero-order valence-electron chi connectivity index (χ0n) is 26.3. The predicted octanol–water partition coefficient (Wildman–Crippen LogP) is 13.3. The van der Waals surface area contributed by atoms with E-state index in [1.54, 1.807) is 0 Å². The molecule has 0 radical (unpaired) electrons. The van der Waals surface area contributed by atoms with Crippen molar-refractivity contribution < 1.29 is 0 Å². The third-order valence-electron chi connectivity index (χ3n) is 10.4. The molecule has 0 N–H and O–H groups in total. The minimum atomic E-state index is -0.126. The fraction of sp³-hybridized carbons (Fsp3) is 0.0667. The molecule has 8 aromatic carbocycles. The van der Waals surface area contributed by atoms with Crippen molar-refractivity contribution in [2.24, 2.45) is 0 Å². The largest absolute Gasteiger partial charge is 0.310 e. The van der Waals surface area contributed by atoms with Gasteiger partial charge in [-0.05, 0) is 97.0 Å². The number of thiophene rings is 1. The van der Waals surface area contributed by atoms with Crippen molar-refractivity contribution in [3.8, 4) is 11.1 Å². The summed E-state index contributed by atoms with van der Waals surface area (Å²) in [4.78, 5) is 2.46. The van der Waals surface area contributed by atoms with Gasteiger partial charge in [0, 0.05) is 37.0 Å². The zero-order valence-corrected chi connectivity index (χ0v) is 27.1. The number of nitrogens with zero attached hydrogens (tertiary/aromatic N) is 1. The van der Waals surface area contributed by atoms with E-state index in [0.717, 1.165) is 11.4 Å². The summed E-state index contributed by atoms with van der Waals surface area (Å²) in [5.41, 5.74) is 8.85. The molecule has 0 fully saturated rings. The summed E-state index contributed by atoms with van der Waals surface area (Å²) in [7, 11) is 0. The van der Waals surface area contributed by atoms with Crippen LogP contribution in [-0.4, -0.2) is 0 Å². The van der Waals surface area contributed by atoms with Crippen LogP contribution in [0.1, 0.15) is 25.0 Å². The molecule has 0 aliphatic heterocycles. The molecule has 1 aliphatic rings. The molecular weight excluding hydrogens is 587 g/mol. The first kappa shape index (κ1) is 26.7. The van der Waals surface area contributed by atoms with E-state index in [9.17, 15) is 0 Å². The number of benzene rings is 8. The first-order chi connectivity index (χ1) is 23.1. The predicted molar refractivity (Wildman–Crippen MR) is 204 cm³/mol. The SMILES string of the molecule is CC1(C)c2ccccc2-c2cccc(N(c3ccccc3)c3ccc4c(ccc5ccc6c(ccc7sc8ccccc8c76)c54)c3)c21. The molecule has 9 aromatic rings. The topological polar surface area (TPSA) is 3.24 Å². The molecule has 0 bridgehead atoms. The first-order valence-corrected chi connectivity index (χ1v) is 17.2. The average Bonchev–Trinajstić information content (AvgIpc) is 3.61. The van der Waals surface area contributed by atoms with Crippen LogP contribution >= 0.6 is 11.3 Å². The summed E-state index contributed by atoms with van der Waals surface area (Å²) < 4.78 is 2.69. The Kier molecular flexibility index (Phi) is 5.57. The van der Waals surface area contributed by atoms with Crippen molar-refractivity contribution in [3.05, 3.63) is 163 Å². The lowest BCUT2D eigenvalue weighted by Crippen LogP contribution is -2.20. The van der Waals surface area contributed by atoms with Crippen LogP contribution in [0.4, 0.5) is 17.1 Å². The number of fused-ring (bicyclic) bond motifs is 12. The van der Waals surface area contributed by atoms with Crippen LogP contribution in [0.3, 0.4) is 0 Å². The summed E-state index contributed by atoms with van der Waals surface area (Å²) in [6, 6.07) is 56.3. The van der Waals surface area contributed by atoms with E-state index >= 15 is 0 Å². The van der Waals surface area contributed by atoms with Crippen molar-refractivity contribution in [2.45, 2.75) is 19.3 Å². The van der Waals surface area contributed by atoms with Crippen molar-refractivity contribution in [1.29, 1.82) is 0 Å². The third-order valence-corrected chi connectivity index (χ3v) is 11.5. The van der Waals surface area contributed by atoms with Gasteiger partial charge < -0.3 is 4.90 Å². The molecule has 10 rings (SSSR count). The second-order valence-corrected chi connectivity index (χ2v) is 14.4. The number of rotatable bonds is 3. The Morgan fingerprint density at radius 3 is 2.09 bits per heavy atom. The zero-order chi connectivity index (χ0) is 31.3. The molecule has 1 aliphatic carbocycles. The van der Waals surface area contributed by atoms with E-state index in [0.29, 0.717) is 0 Å². The second-order valence-electron chi connectivity index (χ2n) is 13.3. The average molecular weight is 618 g/mol. The van der Waals surface area contributed by atoms with Crippen LogP contribution in [0, 0.1) is 0 Å². The minimum Gasteiger partial charge on any atom is -0.310 e. The highest BCUT2D eigenvalue weighted by molar-refractivity contribution is 7.26. The smallest absolute Gasteiger partial charge is 0.0508 e. The van der Waals surface area contributed by atoms with Crippen LogP contribution in [0.25, 0.3) is 63.6 Å². The van der Waals surface area contributed by atoms with Crippen LogP contribution < -0.4 is 4.90 Å². The van der Waals surface area contributed by atoms with Gasteiger partial charge in [-0.15, -0.1) is 11.3 Å². The van der Waals surface area contributed by atoms with Crippen molar-refractivity contribution in [1.82, 2.24) is 0 Å². The molecule has 0 saturated heterocycles. The summed E-state index contributed by atoms with van der Waals surface area (Å²) in [5.74, 6) is 0. The molecule has 0 saturated carbocycles. The van der Waals surface area contributed by atoms with E-state index in [2.05, 4.69) is 170 Å². The molecule has 222 valence electrons. The van der Waals surface area contributed by atoms with E-state index in [4.69, 9.17) is 0 Å². The Labute approximate surface area is 278 Å². The third kappa shape index (κ3) is 3.77. The fourth-order valence-electron chi connectivity index (χ4n) is 8.33. The lowest BCUT2D eigenvalue weighted by Gasteiger charge is -2.32. The van der Waals surface area contributed by atoms with Gasteiger partial charge in [-0.2, -0.15) is 0 Å². The Balaban J connectivity index is 1.22. The van der Waals surface area contributed by atoms with E-state index in [1.165, 1.54) is 80.4 Å². The standard InChI is InChI=1S/C45H31NS/c1-45(2)38-16-8-6-13-33(38)36-15-10-17-39(44(36)45)46(30-11-4-3-5-12-30)31-22-24-32-29(27-31)20-19-28-21-23-35-34(42(28)32)25-26-41-43(35)37-14-7-9-18-40(37)47-41/h3-27H,1-2H3.